The predicted molar refractivity (Wildman–Crippen MR) is 221 cm³/mol. The Morgan fingerprint density at radius 2 is 0.849 bits per heavy atom. The molecule has 0 bridgehead atoms. The fourth-order valence-corrected chi connectivity index (χ4v) is 11.6. The van der Waals surface area contributed by atoms with Crippen molar-refractivity contribution in [2.45, 2.75) is 119 Å². The Hall–Kier alpha value is -2.98. The van der Waals surface area contributed by atoms with Gasteiger partial charge in [0.1, 0.15) is 0 Å². The van der Waals surface area contributed by atoms with Crippen LogP contribution in [0.1, 0.15) is 137 Å². The summed E-state index contributed by atoms with van der Waals surface area (Å²) in [5.41, 5.74) is 0. The quantitative estimate of drug-likeness (QED) is 0.0258. The first kappa shape index (κ1) is 39.7. The van der Waals surface area contributed by atoms with Gasteiger partial charge in [-0.15, -0.1) is 0 Å². The molecule has 0 amide bonds. The van der Waals surface area contributed by atoms with E-state index in [1.54, 1.807) is 11.3 Å². The number of ether oxygens (including phenoxy) is 6. The molecular formula is C42H54O8S2Se. The average molecular weight is 830 g/mol. The molecule has 0 spiro atoms. The second-order valence-electron chi connectivity index (χ2n) is 13.6. The second-order valence-corrected chi connectivity index (χ2v) is 17.8. The Labute approximate surface area is 326 Å². The molecule has 288 valence electrons. The van der Waals surface area contributed by atoms with Crippen molar-refractivity contribution >= 4 is 99.8 Å². The van der Waals surface area contributed by atoms with Crippen molar-refractivity contribution in [3.8, 4) is 23.0 Å². The van der Waals surface area contributed by atoms with Crippen molar-refractivity contribution in [2.24, 2.45) is 0 Å². The summed E-state index contributed by atoms with van der Waals surface area (Å²) in [4.78, 5) is 29.0. The minimum atomic E-state index is -0.471. The summed E-state index contributed by atoms with van der Waals surface area (Å²) in [5, 5.41) is 5.52. The molecule has 0 unspecified atom stereocenters. The summed E-state index contributed by atoms with van der Waals surface area (Å²) in [7, 11) is 0. The topological polar surface area (TPSA) is 89.5 Å². The van der Waals surface area contributed by atoms with E-state index in [1.165, 1.54) is 11.3 Å². The molecule has 0 radical (unpaired) electrons. The third-order valence-electron chi connectivity index (χ3n) is 9.52. The number of rotatable bonds is 24. The first-order valence-electron chi connectivity index (χ1n) is 19.8. The zero-order valence-corrected chi connectivity index (χ0v) is 35.6. The summed E-state index contributed by atoms with van der Waals surface area (Å²) in [6.07, 6.45) is 10.9. The first-order valence-corrected chi connectivity index (χ1v) is 23.2. The minimum absolute atomic E-state index is 0.329. The monoisotopic (exact) mass is 830 g/mol. The molecule has 53 heavy (non-hydrogen) atoms. The molecular weight excluding hydrogens is 776 g/mol. The fraction of sp³-hybridized carbons (Fsp3) is 0.571. The number of carbonyl (C=O) groups excluding carboxylic acids is 2. The molecule has 6 rings (SSSR count). The second kappa shape index (κ2) is 18.6. The SMILES string of the molecule is CCCCOC(=O)c1sc2c(OCCCC)c(OCCCC)c3sc4c(OCCCC)c(OCCCC)c5[se]c(C(=O)OCCCC)c6c1c2c3c4c56. The van der Waals surface area contributed by atoms with Gasteiger partial charge in [-0.3, -0.25) is 0 Å². The van der Waals surface area contributed by atoms with Crippen LogP contribution in [-0.2, 0) is 9.47 Å². The third-order valence-corrected chi connectivity index (χ3v) is 14.3. The van der Waals surface area contributed by atoms with Crippen molar-refractivity contribution in [2.75, 3.05) is 39.6 Å². The van der Waals surface area contributed by atoms with Crippen LogP contribution in [0, 0.1) is 0 Å². The first-order chi connectivity index (χ1) is 26.0. The summed E-state index contributed by atoms with van der Waals surface area (Å²) < 4.78 is 43.2. The van der Waals surface area contributed by atoms with Crippen LogP contribution in [0.3, 0.4) is 0 Å². The summed E-state index contributed by atoms with van der Waals surface area (Å²) in [6.45, 7) is 15.6. The molecule has 0 N–H and O–H groups in total. The molecule has 0 aliphatic rings. The molecule has 6 aromatic rings. The molecule has 0 saturated carbocycles. The number of esters is 2. The molecule has 0 fully saturated rings. The molecule has 3 aromatic heterocycles. The fourth-order valence-electron chi connectivity index (χ4n) is 6.61. The van der Waals surface area contributed by atoms with Gasteiger partial charge in [-0.1, -0.05) is 0 Å². The number of hydrogen-bond donors (Lipinski definition) is 0. The van der Waals surface area contributed by atoms with E-state index in [2.05, 4.69) is 41.5 Å². The Morgan fingerprint density at radius 1 is 0.453 bits per heavy atom. The third kappa shape index (κ3) is 7.65. The van der Waals surface area contributed by atoms with Crippen LogP contribution in [-0.4, -0.2) is 66.1 Å². The molecule has 3 aromatic carbocycles. The van der Waals surface area contributed by atoms with E-state index < -0.39 is 14.5 Å². The number of hydrogen-bond acceptors (Lipinski definition) is 10. The van der Waals surface area contributed by atoms with Gasteiger partial charge in [-0.25, -0.2) is 0 Å². The average Bonchev–Trinajstić information content (AvgIpc) is 3.86. The van der Waals surface area contributed by atoms with Gasteiger partial charge < -0.3 is 0 Å². The number of benzene rings is 3. The number of fused-ring (bicyclic) bond motifs is 1. The van der Waals surface area contributed by atoms with Crippen molar-refractivity contribution in [3.63, 3.8) is 0 Å². The zero-order chi connectivity index (χ0) is 37.5. The summed E-state index contributed by atoms with van der Waals surface area (Å²) in [5.74, 6) is 2.13. The molecule has 0 aliphatic heterocycles. The van der Waals surface area contributed by atoms with Crippen LogP contribution < -0.4 is 18.9 Å². The van der Waals surface area contributed by atoms with E-state index >= 15 is 0 Å². The van der Waals surface area contributed by atoms with Crippen molar-refractivity contribution in [1.29, 1.82) is 0 Å². The number of unbranched alkanes of at least 4 members (excludes halogenated alkanes) is 6. The molecule has 3 heterocycles. The van der Waals surface area contributed by atoms with Crippen LogP contribution in [0.4, 0.5) is 0 Å². The van der Waals surface area contributed by atoms with Gasteiger partial charge in [0.15, 0.2) is 0 Å². The van der Waals surface area contributed by atoms with Crippen LogP contribution >= 0.6 is 22.7 Å². The van der Waals surface area contributed by atoms with E-state index in [4.69, 9.17) is 28.4 Å². The summed E-state index contributed by atoms with van der Waals surface area (Å²) in [6, 6.07) is 0. The normalized spacial score (nSPS) is 12.0. The van der Waals surface area contributed by atoms with Gasteiger partial charge in [0.05, 0.1) is 0 Å². The zero-order valence-electron chi connectivity index (χ0n) is 32.2. The standard InChI is InChI=1S/C42H54O8S2Se/c1-7-13-19-45-31-32(46-20-14-8-2)36-26-25-27-29-30(28(26)38(52-36)41(43)49-23-17-11-5)40(42(44)50-24-18-12-6)53-39(29)34(48-22-16-10-4)33(47-21-15-9-3)37(27)51-35(25)31/h7-24H2,1-6H3. The maximum absolute atomic E-state index is 14.2. The molecule has 11 heteroatoms. The van der Waals surface area contributed by atoms with E-state index in [9.17, 15) is 9.59 Å². The Kier molecular flexibility index (Phi) is 13.9. The van der Waals surface area contributed by atoms with Gasteiger partial charge in [0.25, 0.3) is 0 Å². The molecule has 0 saturated heterocycles. The summed E-state index contributed by atoms with van der Waals surface area (Å²) >= 11 is 2.57. The van der Waals surface area contributed by atoms with Crippen molar-refractivity contribution in [3.05, 3.63) is 9.31 Å². The maximum atomic E-state index is 14.2. The van der Waals surface area contributed by atoms with E-state index in [0.29, 0.717) is 66.2 Å². The van der Waals surface area contributed by atoms with Gasteiger partial charge in [-0.2, -0.15) is 0 Å². The molecule has 0 atom stereocenters. The van der Waals surface area contributed by atoms with Crippen LogP contribution in [0.25, 0.3) is 50.7 Å². The van der Waals surface area contributed by atoms with E-state index in [-0.39, 0.29) is 11.9 Å². The van der Waals surface area contributed by atoms with Gasteiger partial charge in [0, 0.05) is 0 Å². The Bertz CT molecular complexity index is 1980. The van der Waals surface area contributed by atoms with Gasteiger partial charge in [-0.05, 0) is 0 Å². The van der Waals surface area contributed by atoms with Crippen molar-refractivity contribution in [1.82, 2.24) is 0 Å². The predicted octanol–water partition coefficient (Wildman–Crippen LogP) is 12.1. The van der Waals surface area contributed by atoms with Crippen LogP contribution in [0.5, 0.6) is 23.0 Å². The van der Waals surface area contributed by atoms with E-state index in [1.807, 2.05) is 0 Å². The van der Waals surface area contributed by atoms with Crippen LogP contribution in [0.2, 0.25) is 0 Å². The van der Waals surface area contributed by atoms with E-state index in [0.717, 1.165) is 133 Å². The number of carbonyl (C=O) groups is 2. The van der Waals surface area contributed by atoms with Gasteiger partial charge in [0.2, 0.25) is 0 Å². The molecule has 0 aliphatic carbocycles. The number of thiophene rings is 2. The van der Waals surface area contributed by atoms with Crippen molar-refractivity contribution < 1.29 is 38.0 Å². The Morgan fingerprint density at radius 3 is 1.36 bits per heavy atom. The Balaban J connectivity index is 1.79. The van der Waals surface area contributed by atoms with Gasteiger partial charge >= 0.3 is 328 Å². The van der Waals surface area contributed by atoms with Crippen LogP contribution in [0.15, 0.2) is 0 Å². The molecule has 8 nitrogen and oxygen atoms in total.